The molecule has 1 N–H and O–H groups in total. The molecule has 6 nitrogen and oxygen atoms in total. The van der Waals surface area contributed by atoms with Gasteiger partial charge in [-0.3, -0.25) is 19.3 Å². The summed E-state index contributed by atoms with van der Waals surface area (Å²) in [4.78, 5) is 41.1. The Balaban J connectivity index is 1.47. The molecule has 0 spiro atoms. The summed E-state index contributed by atoms with van der Waals surface area (Å²) in [5.41, 5.74) is 2.14. The molecule has 0 aromatic heterocycles. The number of imide groups is 1. The zero-order valence-electron chi connectivity index (χ0n) is 16.2. The molecule has 0 aliphatic carbocycles. The first-order valence-electron chi connectivity index (χ1n) is 9.79. The van der Waals surface area contributed by atoms with Gasteiger partial charge in [0.15, 0.2) is 0 Å². The maximum atomic E-state index is 12.7. The van der Waals surface area contributed by atoms with E-state index in [0.29, 0.717) is 21.8 Å². The molecule has 2 heterocycles. The second-order valence-corrected chi connectivity index (χ2v) is 7.81. The number of anilines is 2. The summed E-state index contributed by atoms with van der Waals surface area (Å²) < 4.78 is 0. The van der Waals surface area contributed by atoms with Crippen LogP contribution in [0.5, 0.6) is 0 Å². The van der Waals surface area contributed by atoms with Crippen molar-refractivity contribution in [3.05, 3.63) is 58.6 Å². The van der Waals surface area contributed by atoms with Gasteiger partial charge in [-0.2, -0.15) is 0 Å². The number of halogens is 1. The number of hydrogen-bond acceptors (Lipinski definition) is 4. The van der Waals surface area contributed by atoms with Crippen LogP contribution in [0.4, 0.5) is 11.4 Å². The molecule has 1 atom stereocenters. The van der Waals surface area contributed by atoms with Crippen molar-refractivity contribution in [2.24, 2.45) is 0 Å². The van der Waals surface area contributed by atoms with Crippen molar-refractivity contribution in [2.45, 2.75) is 32.2 Å². The largest absolute Gasteiger partial charge is 0.370 e. The zero-order chi connectivity index (χ0) is 20.5. The molecule has 1 unspecified atom stereocenters. The highest BCUT2D eigenvalue weighted by Gasteiger charge is 2.40. The number of benzene rings is 2. The Morgan fingerprint density at radius 2 is 1.62 bits per heavy atom. The number of rotatable bonds is 4. The average Bonchev–Trinajstić information content (AvgIpc) is 2.99. The smallest absolute Gasteiger partial charge is 0.262 e. The lowest BCUT2D eigenvalue weighted by atomic mass is 10.1. The average molecular weight is 412 g/mol. The highest BCUT2D eigenvalue weighted by molar-refractivity contribution is 6.33. The summed E-state index contributed by atoms with van der Waals surface area (Å²) in [5, 5.41) is 3.34. The van der Waals surface area contributed by atoms with Crippen LogP contribution in [0.3, 0.4) is 0 Å². The quantitative estimate of drug-likeness (QED) is 0.773. The summed E-state index contributed by atoms with van der Waals surface area (Å²) in [5.74, 6) is -1.35. The molecule has 0 bridgehead atoms. The summed E-state index contributed by atoms with van der Waals surface area (Å²) >= 11 is 6.45. The fourth-order valence-corrected chi connectivity index (χ4v) is 4.20. The SMILES string of the molecule is CC(C(=O)Nc1ccc(N2CCCCC2)c(Cl)c1)N1C(=O)c2ccccc2C1=O. The van der Waals surface area contributed by atoms with Gasteiger partial charge in [-0.05, 0) is 56.5 Å². The Morgan fingerprint density at radius 3 is 2.21 bits per heavy atom. The van der Waals surface area contributed by atoms with Gasteiger partial charge < -0.3 is 10.2 Å². The highest BCUT2D eigenvalue weighted by Crippen LogP contribution is 2.31. The van der Waals surface area contributed by atoms with Crippen molar-refractivity contribution >= 4 is 40.7 Å². The van der Waals surface area contributed by atoms with Crippen LogP contribution in [0.2, 0.25) is 5.02 Å². The first kappa shape index (κ1) is 19.5. The number of carbonyl (C=O) groups is 3. The van der Waals surface area contributed by atoms with E-state index in [1.807, 2.05) is 6.07 Å². The maximum Gasteiger partial charge on any atom is 0.262 e. The lowest BCUT2D eigenvalue weighted by Gasteiger charge is -2.29. The van der Waals surface area contributed by atoms with Crippen LogP contribution >= 0.6 is 11.6 Å². The molecule has 3 amide bonds. The van der Waals surface area contributed by atoms with Crippen LogP contribution in [-0.2, 0) is 4.79 Å². The summed E-state index contributed by atoms with van der Waals surface area (Å²) in [6.45, 7) is 3.49. The van der Waals surface area contributed by atoms with Crippen LogP contribution in [0.25, 0.3) is 0 Å². The van der Waals surface area contributed by atoms with Gasteiger partial charge in [-0.15, -0.1) is 0 Å². The third-order valence-corrected chi connectivity index (χ3v) is 5.81. The third-order valence-electron chi connectivity index (χ3n) is 5.50. The van der Waals surface area contributed by atoms with Crippen LogP contribution in [0, 0.1) is 0 Å². The molecular weight excluding hydrogens is 390 g/mol. The van der Waals surface area contributed by atoms with Gasteiger partial charge in [-0.1, -0.05) is 23.7 Å². The molecule has 2 aliphatic heterocycles. The molecule has 2 aliphatic rings. The van der Waals surface area contributed by atoms with Crippen molar-refractivity contribution in [1.29, 1.82) is 0 Å². The summed E-state index contributed by atoms with van der Waals surface area (Å²) in [6, 6.07) is 11.0. The van der Waals surface area contributed by atoms with Crippen molar-refractivity contribution in [2.75, 3.05) is 23.3 Å². The first-order valence-corrected chi connectivity index (χ1v) is 10.2. The number of nitrogens with one attached hydrogen (secondary N) is 1. The van der Waals surface area contributed by atoms with Crippen LogP contribution < -0.4 is 10.2 Å². The van der Waals surface area contributed by atoms with E-state index in [2.05, 4.69) is 10.2 Å². The van der Waals surface area contributed by atoms with Gasteiger partial charge in [0.25, 0.3) is 11.8 Å². The Bertz CT molecular complexity index is 950. The normalized spacial score (nSPS) is 17.3. The van der Waals surface area contributed by atoms with E-state index in [-0.39, 0.29) is 0 Å². The van der Waals surface area contributed by atoms with Crippen LogP contribution in [0.15, 0.2) is 42.5 Å². The highest BCUT2D eigenvalue weighted by atomic mass is 35.5. The van der Waals surface area contributed by atoms with Crippen molar-refractivity contribution in [3.8, 4) is 0 Å². The first-order chi connectivity index (χ1) is 14.0. The molecule has 0 radical (unpaired) electrons. The molecule has 2 aromatic rings. The van der Waals surface area contributed by atoms with Gasteiger partial charge in [-0.25, -0.2) is 0 Å². The summed E-state index contributed by atoms with van der Waals surface area (Å²) in [6.07, 6.45) is 3.52. The van der Waals surface area contributed by atoms with Gasteiger partial charge in [0.05, 0.1) is 21.8 Å². The number of hydrogen-bond donors (Lipinski definition) is 1. The van der Waals surface area contributed by atoms with Crippen LogP contribution in [0.1, 0.15) is 46.9 Å². The standard InChI is InChI=1S/C22H22ClN3O3/c1-14(26-21(28)16-7-3-4-8-17(16)22(26)29)20(27)24-15-9-10-19(18(23)13-15)25-11-5-2-6-12-25/h3-4,7-10,13-14H,2,5-6,11-12H2,1H3,(H,24,27). The van der Waals surface area contributed by atoms with E-state index >= 15 is 0 Å². The van der Waals surface area contributed by atoms with Crippen molar-refractivity contribution in [3.63, 3.8) is 0 Å². The zero-order valence-corrected chi connectivity index (χ0v) is 16.9. The number of carbonyl (C=O) groups excluding carboxylic acids is 3. The van der Waals surface area contributed by atoms with E-state index in [1.54, 1.807) is 43.3 Å². The molecule has 1 fully saturated rings. The van der Waals surface area contributed by atoms with E-state index in [1.165, 1.54) is 6.42 Å². The predicted molar refractivity (Wildman–Crippen MR) is 113 cm³/mol. The van der Waals surface area contributed by atoms with Crippen LogP contribution in [-0.4, -0.2) is 41.8 Å². The van der Waals surface area contributed by atoms with E-state index < -0.39 is 23.8 Å². The molecular formula is C22H22ClN3O3. The van der Waals surface area contributed by atoms with E-state index in [0.717, 1.165) is 36.5 Å². The lowest BCUT2D eigenvalue weighted by Crippen LogP contribution is -2.45. The summed E-state index contributed by atoms with van der Waals surface area (Å²) in [7, 11) is 0. The minimum absolute atomic E-state index is 0.325. The molecule has 29 heavy (non-hydrogen) atoms. The maximum absolute atomic E-state index is 12.7. The lowest BCUT2D eigenvalue weighted by molar-refractivity contribution is -0.119. The number of nitrogens with zero attached hydrogens (tertiary/aromatic N) is 2. The third kappa shape index (κ3) is 3.60. The fraction of sp³-hybridized carbons (Fsp3) is 0.318. The number of piperidine rings is 1. The van der Waals surface area contributed by atoms with Gasteiger partial charge in [0.2, 0.25) is 5.91 Å². The molecule has 150 valence electrons. The molecule has 2 aromatic carbocycles. The Hall–Kier alpha value is -2.86. The molecule has 7 heteroatoms. The number of fused-ring (bicyclic) bond motifs is 1. The second kappa shape index (κ2) is 7.87. The van der Waals surface area contributed by atoms with Crippen molar-refractivity contribution < 1.29 is 14.4 Å². The Morgan fingerprint density at radius 1 is 1.00 bits per heavy atom. The molecule has 0 saturated carbocycles. The topological polar surface area (TPSA) is 69.7 Å². The molecule has 4 rings (SSSR count). The second-order valence-electron chi connectivity index (χ2n) is 7.41. The Kier molecular flexibility index (Phi) is 5.28. The fourth-order valence-electron chi connectivity index (χ4n) is 3.90. The minimum atomic E-state index is -0.942. The predicted octanol–water partition coefficient (Wildman–Crippen LogP) is 3.95. The van der Waals surface area contributed by atoms with Gasteiger partial charge in [0.1, 0.15) is 6.04 Å². The Labute approximate surface area is 174 Å². The molecule has 1 saturated heterocycles. The van der Waals surface area contributed by atoms with E-state index in [9.17, 15) is 14.4 Å². The minimum Gasteiger partial charge on any atom is -0.370 e. The van der Waals surface area contributed by atoms with Gasteiger partial charge >= 0.3 is 0 Å². The van der Waals surface area contributed by atoms with Gasteiger partial charge in [0, 0.05) is 18.8 Å². The number of amides is 3. The monoisotopic (exact) mass is 411 g/mol. The van der Waals surface area contributed by atoms with E-state index in [4.69, 9.17) is 11.6 Å². The van der Waals surface area contributed by atoms with Crippen molar-refractivity contribution in [1.82, 2.24) is 4.90 Å².